The fourth-order valence-electron chi connectivity index (χ4n) is 3.88. The quantitative estimate of drug-likeness (QED) is 0.772. The normalized spacial score (nSPS) is 16.5. The summed E-state index contributed by atoms with van der Waals surface area (Å²) in [6.07, 6.45) is 5.04. The van der Waals surface area contributed by atoms with Gasteiger partial charge in [0.25, 0.3) is 5.91 Å². The van der Waals surface area contributed by atoms with Crippen molar-refractivity contribution >= 4 is 11.8 Å². The number of amides is 2. The van der Waals surface area contributed by atoms with Gasteiger partial charge in [-0.3, -0.25) is 9.59 Å². The van der Waals surface area contributed by atoms with Crippen LogP contribution in [0.3, 0.4) is 0 Å². The minimum Gasteiger partial charge on any atom is -0.349 e. The van der Waals surface area contributed by atoms with Crippen LogP contribution in [0.25, 0.3) is 0 Å². The molecule has 0 bridgehead atoms. The molecule has 0 aromatic heterocycles. The number of hydrogen-bond donors (Lipinski definition) is 2. The molecule has 2 aromatic carbocycles. The Balaban J connectivity index is 1.58. The topological polar surface area (TPSA) is 58.2 Å². The van der Waals surface area contributed by atoms with Gasteiger partial charge in [0, 0.05) is 18.0 Å². The van der Waals surface area contributed by atoms with Gasteiger partial charge in [0.15, 0.2) is 0 Å². The molecule has 2 amide bonds. The SMILES string of the molecule is C[C@@H](CC(=O)N[C@@H](c1ccccc1)C1CCCC1)NC(=O)c1ccccc1. The molecule has 0 unspecified atom stereocenters. The van der Waals surface area contributed by atoms with E-state index in [9.17, 15) is 9.59 Å². The first kappa shape index (κ1) is 19.2. The third-order valence-electron chi connectivity index (χ3n) is 5.25. The summed E-state index contributed by atoms with van der Waals surface area (Å²) in [7, 11) is 0. The van der Waals surface area contributed by atoms with Crippen LogP contribution in [0.4, 0.5) is 0 Å². The number of carbonyl (C=O) groups is 2. The molecule has 1 fully saturated rings. The Morgan fingerprint density at radius 1 is 0.926 bits per heavy atom. The molecule has 0 saturated heterocycles. The highest BCUT2D eigenvalue weighted by atomic mass is 16.2. The van der Waals surface area contributed by atoms with E-state index in [1.807, 2.05) is 43.3 Å². The Labute approximate surface area is 161 Å². The number of nitrogens with one attached hydrogen (secondary N) is 2. The second kappa shape index (κ2) is 9.36. The number of benzene rings is 2. The van der Waals surface area contributed by atoms with Gasteiger partial charge in [-0.15, -0.1) is 0 Å². The van der Waals surface area contributed by atoms with Gasteiger partial charge in [0.05, 0.1) is 6.04 Å². The van der Waals surface area contributed by atoms with Crippen LogP contribution >= 0.6 is 0 Å². The second-order valence-corrected chi connectivity index (χ2v) is 7.45. The fourth-order valence-corrected chi connectivity index (χ4v) is 3.88. The van der Waals surface area contributed by atoms with Crippen LogP contribution in [0.5, 0.6) is 0 Å². The van der Waals surface area contributed by atoms with Crippen molar-refractivity contribution in [2.24, 2.45) is 5.92 Å². The summed E-state index contributed by atoms with van der Waals surface area (Å²) in [4.78, 5) is 24.9. The Kier molecular flexibility index (Phi) is 6.64. The van der Waals surface area contributed by atoms with Gasteiger partial charge in [-0.2, -0.15) is 0 Å². The maximum absolute atomic E-state index is 12.6. The van der Waals surface area contributed by atoms with Crippen LogP contribution in [0.2, 0.25) is 0 Å². The lowest BCUT2D eigenvalue weighted by Gasteiger charge is -2.26. The Morgan fingerprint density at radius 3 is 2.15 bits per heavy atom. The zero-order valence-electron chi connectivity index (χ0n) is 15.9. The minimum atomic E-state index is -0.224. The van der Waals surface area contributed by atoms with Crippen LogP contribution in [-0.4, -0.2) is 17.9 Å². The van der Waals surface area contributed by atoms with Crippen LogP contribution in [0.15, 0.2) is 60.7 Å². The summed E-state index contributed by atoms with van der Waals surface area (Å²) in [5.74, 6) is 0.327. The summed E-state index contributed by atoms with van der Waals surface area (Å²) < 4.78 is 0. The summed E-state index contributed by atoms with van der Waals surface area (Å²) in [5.41, 5.74) is 1.77. The molecule has 0 heterocycles. The lowest BCUT2D eigenvalue weighted by Crippen LogP contribution is -2.39. The maximum Gasteiger partial charge on any atom is 0.251 e. The molecule has 4 nitrogen and oxygen atoms in total. The first-order valence-electron chi connectivity index (χ1n) is 9.83. The van der Waals surface area contributed by atoms with Crippen molar-refractivity contribution in [2.75, 3.05) is 0 Å². The largest absolute Gasteiger partial charge is 0.349 e. The van der Waals surface area contributed by atoms with Gasteiger partial charge in [0.1, 0.15) is 0 Å². The van der Waals surface area contributed by atoms with E-state index in [1.165, 1.54) is 18.4 Å². The smallest absolute Gasteiger partial charge is 0.251 e. The van der Waals surface area contributed by atoms with Crippen LogP contribution < -0.4 is 10.6 Å². The molecule has 2 N–H and O–H groups in total. The molecule has 3 rings (SSSR count). The van der Waals surface area contributed by atoms with Crippen molar-refractivity contribution < 1.29 is 9.59 Å². The number of rotatable bonds is 7. The number of hydrogen-bond acceptors (Lipinski definition) is 2. The highest BCUT2D eigenvalue weighted by molar-refractivity contribution is 5.94. The van der Waals surface area contributed by atoms with Crippen molar-refractivity contribution in [1.29, 1.82) is 0 Å². The summed E-state index contributed by atoms with van der Waals surface area (Å²) in [6.45, 7) is 1.87. The van der Waals surface area contributed by atoms with E-state index >= 15 is 0 Å². The molecule has 2 aromatic rings. The number of carbonyl (C=O) groups excluding carboxylic acids is 2. The molecule has 4 heteroatoms. The van der Waals surface area contributed by atoms with Gasteiger partial charge in [-0.25, -0.2) is 0 Å². The zero-order chi connectivity index (χ0) is 19.1. The van der Waals surface area contributed by atoms with Gasteiger partial charge in [0.2, 0.25) is 5.91 Å². The Bertz CT molecular complexity index is 739. The van der Waals surface area contributed by atoms with E-state index in [0.717, 1.165) is 12.8 Å². The molecular formula is C23H28N2O2. The molecule has 2 atom stereocenters. The molecule has 0 radical (unpaired) electrons. The van der Waals surface area contributed by atoms with Crippen molar-refractivity contribution in [3.63, 3.8) is 0 Å². The summed E-state index contributed by atoms with van der Waals surface area (Å²) >= 11 is 0. The predicted octanol–water partition coefficient (Wildman–Crippen LogP) is 4.24. The first-order chi connectivity index (χ1) is 13.1. The minimum absolute atomic E-state index is 0.0170. The monoisotopic (exact) mass is 364 g/mol. The third-order valence-corrected chi connectivity index (χ3v) is 5.25. The molecule has 0 aliphatic heterocycles. The van der Waals surface area contributed by atoms with Gasteiger partial charge in [-0.05, 0) is 43.4 Å². The van der Waals surface area contributed by atoms with Gasteiger partial charge < -0.3 is 10.6 Å². The Hall–Kier alpha value is -2.62. The maximum atomic E-state index is 12.6. The average molecular weight is 364 g/mol. The fraction of sp³-hybridized carbons (Fsp3) is 0.391. The van der Waals surface area contributed by atoms with E-state index in [2.05, 4.69) is 22.8 Å². The zero-order valence-corrected chi connectivity index (χ0v) is 15.9. The van der Waals surface area contributed by atoms with Crippen molar-refractivity contribution in [2.45, 2.75) is 51.1 Å². The molecular weight excluding hydrogens is 336 g/mol. The molecule has 1 aliphatic carbocycles. The lowest BCUT2D eigenvalue weighted by atomic mass is 9.91. The first-order valence-corrected chi connectivity index (χ1v) is 9.83. The molecule has 142 valence electrons. The second-order valence-electron chi connectivity index (χ2n) is 7.45. The van der Waals surface area contributed by atoms with Crippen LogP contribution in [0.1, 0.15) is 61.0 Å². The van der Waals surface area contributed by atoms with E-state index in [4.69, 9.17) is 0 Å². The van der Waals surface area contributed by atoms with Crippen LogP contribution in [0, 0.1) is 5.92 Å². The summed E-state index contributed by atoms with van der Waals surface area (Å²) in [6, 6.07) is 19.1. The van der Waals surface area contributed by atoms with Gasteiger partial charge in [-0.1, -0.05) is 61.4 Å². The molecule has 1 aliphatic rings. The average Bonchev–Trinajstić information content (AvgIpc) is 3.22. The van der Waals surface area contributed by atoms with E-state index in [0.29, 0.717) is 11.5 Å². The van der Waals surface area contributed by atoms with E-state index in [-0.39, 0.29) is 30.3 Å². The van der Waals surface area contributed by atoms with Crippen molar-refractivity contribution in [1.82, 2.24) is 10.6 Å². The highest BCUT2D eigenvalue weighted by Gasteiger charge is 2.28. The van der Waals surface area contributed by atoms with Crippen molar-refractivity contribution in [3.05, 3.63) is 71.8 Å². The molecule has 1 saturated carbocycles. The predicted molar refractivity (Wildman–Crippen MR) is 107 cm³/mol. The highest BCUT2D eigenvalue weighted by Crippen LogP contribution is 2.35. The van der Waals surface area contributed by atoms with Crippen molar-refractivity contribution in [3.8, 4) is 0 Å². The summed E-state index contributed by atoms with van der Waals surface area (Å²) in [5, 5.41) is 6.14. The van der Waals surface area contributed by atoms with Gasteiger partial charge >= 0.3 is 0 Å². The lowest BCUT2D eigenvalue weighted by molar-refractivity contribution is -0.122. The third kappa shape index (κ3) is 5.43. The van der Waals surface area contributed by atoms with Crippen LogP contribution in [-0.2, 0) is 4.79 Å². The standard InChI is InChI=1S/C23H28N2O2/c1-17(24-23(27)20-14-6-3-7-15-20)16-21(26)25-22(19-12-8-9-13-19)18-10-4-2-5-11-18/h2-7,10-11,14-15,17,19,22H,8-9,12-13,16H2,1H3,(H,24,27)(H,25,26)/t17-,22-/m0/s1. The van der Waals surface area contributed by atoms with E-state index < -0.39 is 0 Å². The van der Waals surface area contributed by atoms with E-state index in [1.54, 1.807) is 12.1 Å². The Morgan fingerprint density at radius 2 is 1.52 bits per heavy atom. The molecule has 0 spiro atoms. The molecule has 27 heavy (non-hydrogen) atoms.